The number of thiophene rings is 1. The highest BCUT2D eigenvalue weighted by molar-refractivity contribution is 7.98. The van der Waals surface area contributed by atoms with Crippen LogP contribution in [0.1, 0.15) is 12.7 Å². The standard InChI is InChI=1S/C17H13F2N5OS2/c1-2-24-15(13-4-3-7-26-13)21-22-17(24)27-9-14-20-16(25-23-14)11-8-10(18)5-6-12(11)19/h3-8H,2,9H2,1H3. The fourth-order valence-electron chi connectivity index (χ4n) is 2.48. The van der Waals surface area contributed by atoms with E-state index in [4.69, 9.17) is 4.52 Å². The lowest BCUT2D eigenvalue weighted by Gasteiger charge is -2.04. The summed E-state index contributed by atoms with van der Waals surface area (Å²) in [7, 11) is 0. The zero-order valence-corrected chi connectivity index (χ0v) is 15.7. The van der Waals surface area contributed by atoms with Crippen molar-refractivity contribution in [1.82, 2.24) is 24.9 Å². The van der Waals surface area contributed by atoms with Gasteiger partial charge in [0.2, 0.25) is 0 Å². The normalized spacial score (nSPS) is 11.2. The summed E-state index contributed by atoms with van der Waals surface area (Å²) in [5.41, 5.74) is -0.0598. The predicted molar refractivity (Wildman–Crippen MR) is 98.2 cm³/mol. The van der Waals surface area contributed by atoms with Crippen molar-refractivity contribution >= 4 is 23.1 Å². The third-order valence-electron chi connectivity index (χ3n) is 3.73. The zero-order chi connectivity index (χ0) is 18.8. The topological polar surface area (TPSA) is 69.6 Å². The number of hydrogen-bond donors (Lipinski definition) is 0. The molecule has 138 valence electrons. The Morgan fingerprint density at radius 2 is 2.11 bits per heavy atom. The SMILES string of the molecule is CCn1c(SCc2noc(-c3cc(F)ccc3F)n2)nnc1-c1cccs1. The minimum atomic E-state index is -0.620. The molecule has 0 unspecified atom stereocenters. The van der Waals surface area contributed by atoms with Gasteiger partial charge in [0.1, 0.15) is 11.6 Å². The first kappa shape index (κ1) is 17.8. The molecule has 0 saturated heterocycles. The zero-order valence-electron chi connectivity index (χ0n) is 14.1. The van der Waals surface area contributed by atoms with Crippen molar-refractivity contribution in [3.05, 3.63) is 53.2 Å². The van der Waals surface area contributed by atoms with Crippen LogP contribution in [-0.4, -0.2) is 24.9 Å². The third-order valence-corrected chi connectivity index (χ3v) is 5.56. The average molecular weight is 405 g/mol. The first-order valence-electron chi connectivity index (χ1n) is 8.03. The Hall–Kier alpha value is -2.59. The van der Waals surface area contributed by atoms with Crippen LogP contribution in [0, 0.1) is 11.6 Å². The molecule has 0 aliphatic heterocycles. The molecule has 0 aliphatic carbocycles. The summed E-state index contributed by atoms with van der Waals surface area (Å²) in [6.07, 6.45) is 0. The van der Waals surface area contributed by atoms with E-state index in [1.165, 1.54) is 11.8 Å². The van der Waals surface area contributed by atoms with E-state index in [0.717, 1.165) is 34.1 Å². The van der Waals surface area contributed by atoms with Crippen LogP contribution in [0.2, 0.25) is 0 Å². The Morgan fingerprint density at radius 3 is 2.89 bits per heavy atom. The van der Waals surface area contributed by atoms with E-state index in [2.05, 4.69) is 20.3 Å². The van der Waals surface area contributed by atoms with Gasteiger partial charge in [-0.1, -0.05) is 23.0 Å². The van der Waals surface area contributed by atoms with Crippen LogP contribution in [0.5, 0.6) is 0 Å². The van der Waals surface area contributed by atoms with E-state index in [9.17, 15) is 8.78 Å². The minimum absolute atomic E-state index is 0.0566. The van der Waals surface area contributed by atoms with Gasteiger partial charge in [0.05, 0.1) is 16.2 Å². The summed E-state index contributed by atoms with van der Waals surface area (Å²) in [5.74, 6) is 0.290. The van der Waals surface area contributed by atoms with Gasteiger partial charge in [0, 0.05) is 6.54 Å². The summed E-state index contributed by atoms with van der Waals surface area (Å²) < 4.78 is 34.2. The maximum atomic E-state index is 13.8. The molecule has 0 bridgehead atoms. The van der Waals surface area contributed by atoms with Gasteiger partial charge in [-0.3, -0.25) is 0 Å². The fraction of sp³-hybridized carbons (Fsp3) is 0.176. The molecule has 0 aliphatic rings. The van der Waals surface area contributed by atoms with Gasteiger partial charge >= 0.3 is 0 Å². The first-order valence-corrected chi connectivity index (χ1v) is 9.90. The Bertz CT molecular complexity index is 1060. The van der Waals surface area contributed by atoms with Crippen LogP contribution in [-0.2, 0) is 12.3 Å². The van der Waals surface area contributed by atoms with Crippen LogP contribution < -0.4 is 0 Å². The first-order chi connectivity index (χ1) is 13.2. The molecule has 4 rings (SSSR count). The number of nitrogens with zero attached hydrogens (tertiary/aromatic N) is 5. The maximum absolute atomic E-state index is 13.8. The number of benzene rings is 1. The maximum Gasteiger partial charge on any atom is 0.261 e. The van der Waals surface area contributed by atoms with Gasteiger partial charge in [-0.25, -0.2) is 8.78 Å². The highest BCUT2D eigenvalue weighted by Gasteiger charge is 2.17. The molecule has 27 heavy (non-hydrogen) atoms. The van der Waals surface area contributed by atoms with Crippen LogP contribution in [0.15, 0.2) is 45.4 Å². The smallest absolute Gasteiger partial charge is 0.261 e. The molecule has 3 heterocycles. The van der Waals surface area contributed by atoms with E-state index in [-0.39, 0.29) is 11.5 Å². The van der Waals surface area contributed by atoms with Crippen LogP contribution in [0.25, 0.3) is 22.2 Å². The summed E-state index contributed by atoms with van der Waals surface area (Å²) in [6, 6.07) is 7.05. The number of thioether (sulfide) groups is 1. The molecule has 0 radical (unpaired) electrons. The average Bonchev–Trinajstić information content (AvgIpc) is 3.41. The van der Waals surface area contributed by atoms with E-state index in [1.807, 2.05) is 29.0 Å². The molecular formula is C17H13F2N5OS2. The second kappa shape index (κ2) is 7.57. The molecule has 0 saturated carbocycles. The van der Waals surface area contributed by atoms with Crippen LogP contribution in [0.3, 0.4) is 0 Å². The summed E-state index contributed by atoms with van der Waals surface area (Å²) in [4.78, 5) is 5.19. The second-order valence-electron chi connectivity index (χ2n) is 5.46. The molecule has 10 heteroatoms. The molecule has 0 atom stereocenters. The van der Waals surface area contributed by atoms with Gasteiger partial charge in [-0.2, -0.15) is 4.98 Å². The van der Waals surface area contributed by atoms with Crippen molar-refractivity contribution in [3.8, 4) is 22.2 Å². The lowest BCUT2D eigenvalue weighted by Crippen LogP contribution is -1.99. The van der Waals surface area contributed by atoms with Crippen molar-refractivity contribution in [1.29, 1.82) is 0 Å². The van der Waals surface area contributed by atoms with Gasteiger partial charge in [0.15, 0.2) is 16.8 Å². The highest BCUT2D eigenvalue weighted by atomic mass is 32.2. The van der Waals surface area contributed by atoms with Crippen molar-refractivity contribution in [3.63, 3.8) is 0 Å². The second-order valence-corrected chi connectivity index (χ2v) is 7.35. The lowest BCUT2D eigenvalue weighted by atomic mass is 10.2. The van der Waals surface area contributed by atoms with Crippen molar-refractivity contribution < 1.29 is 13.3 Å². The number of rotatable bonds is 6. The molecule has 1 aromatic carbocycles. The van der Waals surface area contributed by atoms with E-state index < -0.39 is 11.6 Å². The molecular weight excluding hydrogens is 392 g/mol. The number of aromatic nitrogens is 5. The summed E-state index contributed by atoms with van der Waals surface area (Å²) in [5, 5.41) is 15.1. The minimum Gasteiger partial charge on any atom is -0.334 e. The molecule has 0 spiro atoms. The molecule has 0 N–H and O–H groups in total. The molecule has 4 aromatic rings. The van der Waals surface area contributed by atoms with Crippen molar-refractivity contribution in [2.24, 2.45) is 0 Å². The van der Waals surface area contributed by atoms with Gasteiger partial charge < -0.3 is 9.09 Å². The Kier molecular flexibility index (Phi) is 4.99. The Balaban J connectivity index is 1.52. The Morgan fingerprint density at radius 1 is 1.22 bits per heavy atom. The molecule has 3 aromatic heterocycles. The van der Waals surface area contributed by atoms with Crippen LogP contribution in [0.4, 0.5) is 8.78 Å². The van der Waals surface area contributed by atoms with Gasteiger partial charge in [-0.15, -0.1) is 21.5 Å². The highest BCUT2D eigenvalue weighted by Crippen LogP contribution is 2.29. The van der Waals surface area contributed by atoms with Crippen LogP contribution >= 0.6 is 23.1 Å². The Labute approximate surface area is 161 Å². The van der Waals surface area contributed by atoms with Gasteiger partial charge in [-0.05, 0) is 36.6 Å². The van der Waals surface area contributed by atoms with Crippen molar-refractivity contribution in [2.45, 2.75) is 24.4 Å². The third kappa shape index (κ3) is 3.62. The van der Waals surface area contributed by atoms with Crippen molar-refractivity contribution in [2.75, 3.05) is 0 Å². The predicted octanol–water partition coefficient (Wildman–Crippen LogP) is 4.65. The lowest BCUT2D eigenvalue weighted by molar-refractivity contribution is 0.422. The largest absolute Gasteiger partial charge is 0.334 e. The van der Waals surface area contributed by atoms with E-state index in [1.54, 1.807) is 11.3 Å². The van der Waals surface area contributed by atoms with E-state index >= 15 is 0 Å². The quantitative estimate of drug-likeness (QED) is 0.435. The number of hydrogen-bond acceptors (Lipinski definition) is 7. The fourth-order valence-corrected chi connectivity index (χ4v) is 4.04. The molecule has 0 amide bonds. The molecule has 6 nitrogen and oxygen atoms in total. The monoisotopic (exact) mass is 405 g/mol. The number of halogens is 2. The van der Waals surface area contributed by atoms with Gasteiger partial charge in [0.25, 0.3) is 5.89 Å². The molecule has 0 fully saturated rings. The summed E-state index contributed by atoms with van der Waals surface area (Å²) >= 11 is 3.00. The van der Waals surface area contributed by atoms with E-state index in [0.29, 0.717) is 18.1 Å². The summed E-state index contributed by atoms with van der Waals surface area (Å²) in [6.45, 7) is 2.73.